The van der Waals surface area contributed by atoms with Gasteiger partial charge in [0.15, 0.2) is 5.82 Å². The summed E-state index contributed by atoms with van der Waals surface area (Å²) in [5.41, 5.74) is 0.679. The highest BCUT2D eigenvalue weighted by atomic mass is 19.1. The smallest absolute Gasteiger partial charge is 0.232 e. The molecule has 7 heteroatoms. The van der Waals surface area contributed by atoms with Crippen molar-refractivity contribution in [1.29, 1.82) is 0 Å². The lowest BCUT2D eigenvalue weighted by molar-refractivity contribution is -0.130. The molecule has 0 saturated carbocycles. The predicted molar refractivity (Wildman–Crippen MR) is 97.6 cm³/mol. The van der Waals surface area contributed by atoms with Gasteiger partial charge in [0.1, 0.15) is 5.82 Å². The van der Waals surface area contributed by atoms with E-state index >= 15 is 0 Å². The Morgan fingerprint density at radius 2 is 2.15 bits per heavy atom. The van der Waals surface area contributed by atoms with Crippen molar-refractivity contribution in [3.63, 3.8) is 0 Å². The number of aromatic nitrogens is 2. The number of benzene rings is 1. The molecule has 1 atom stereocenters. The number of amides is 1. The minimum absolute atomic E-state index is 0.0247. The fourth-order valence-electron chi connectivity index (χ4n) is 4.46. The third-order valence-electron chi connectivity index (χ3n) is 6.07. The van der Waals surface area contributed by atoms with E-state index in [0.29, 0.717) is 30.4 Å². The lowest BCUT2D eigenvalue weighted by atomic mass is 9.71. The Morgan fingerprint density at radius 3 is 2.81 bits per heavy atom. The molecule has 2 aliphatic rings. The van der Waals surface area contributed by atoms with Crippen LogP contribution in [0.3, 0.4) is 0 Å². The Bertz CT molecular complexity index is 829. The molecule has 27 heavy (non-hydrogen) atoms. The van der Waals surface area contributed by atoms with E-state index in [-0.39, 0.29) is 29.5 Å². The Hall–Kier alpha value is -2.28. The average molecular weight is 372 g/mol. The van der Waals surface area contributed by atoms with Crippen LogP contribution in [-0.2, 0) is 11.2 Å². The fourth-order valence-corrected chi connectivity index (χ4v) is 4.46. The summed E-state index contributed by atoms with van der Waals surface area (Å²) < 4.78 is 18.9. The Labute approximate surface area is 158 Å². The van der Waals surface area contributed by atoms with Gasteiger partial charge in [0, 0.05) is 18.5 Å². The number of halogens is 1. The summed E-state index contributed by atoms with van der Waals surface area (Å²) in [5.74, 6) is 1.03. The second kappa shape index (κ2) is 7.03. The van der Waals surface area contributed by atoms with Crippen molar-refractivity contribution in [2.75, 3.05) is 33.2 Å². The topological polar surface area (TPSA) is 62.5 Å². The third-order valence-corrected chi connectivity index (χ3v) is 6.07. The van der Waals surface area contributed by atoms with Crippen LogP contribution in [0.1, 0.15) is 36.0 Å². The van der Waals surface area contributed by atoms with Crippen LogP contribution in [0.15, 0.2) is 28.8 Å². The number of aryl methyl sites for hydroxylation is 1. The zero-order chi connectivity index (χ0) is 19.0. The molecule has 1 unspecified atom stereocenters. The molecule has 144 valence electrons. The number of likely N-dealkylation sites (tertiary alicyclic amines) is 2. The summed E-state index contributed by atoms with van der Waals surface area (Å²) in [7, 11) is 2.13. The van der Waals surface area contributed by atoms with Crippen LogP contribution >= 0.6 is 0 Å². The molecule has 2 aromatic rings. The maximum absolute atomic E-state index is 13.4. The van der Waals surface area contributed by atoms with Gasteiger partial charge in [0.05, 0.1) is 12.3 Å². The third kappa shape index (κ3) is 3.60. The van der Waals surface area contributed by atoms with Crippen LogP contribution in [0, 0.1) is 18.2 Å². The van der Waals surface area contributed by atoms with Crippen LogP contribution in [0.5, 0.6) is 0 Å². The van der Waals surface area contributed by atoms with Crippen molar-refractivity contribution in [2.45, 2.75) is 32.1 Å². The number of carbonyl (C=O) groups excluding carboxylic acids is 1. The second-order valence-electron chi connectivity index (χ2n) is 7.98. The first-order valence-corrected chi connectivity index (χ1v) is 9.46. The van der Waals surface area contributed by atoms with Crippen LogP contribution in [-0.4, -0.2) is 59.1 Å². The molecule has 6 nitrogen and oxygen atoms in total. The maximum atomic E-state index is 13.4. The molecular weight excluding hydrogens is 347 g/mol. The highest BCUT2D eigenvalue weighted by Crippen LogP contribution is 2.49. The van der Waals surface area contributed by atoms with Gasteiger partial charge >= 0.3 is 0 Å². The summed E-state index contributed by atoms with van der Waals surface area (Å²) in [4.78, 5) is 21.6. The number of rotatable bonds is 3. The summed E-state index contributed by atoms with van der Waals surface area (Å²) in [6, 6.07) is 6.26. The van der Waals surface area contributed by atoms with E-state index in [4.69, 9.17) is 4.52 Å². The number of carbonyl (C=O) groups is 1. The molecule has 3 heterocycles. The molecule has 1 aromatic heterocycles. The average Bonchev–Trinajstić information content (AvgIpc) is 3.22. The van der Waals surface area contributed by atoms with Gasteiger partial charge < -0.3 is 14.3 Å². The van der Waals surface area contributed by atoms with E-state index < -0.39 is 0 Å². The van der Waals surface area contributed by atoms with Gasteiger partial charge in [-0.25, -0.2) is 4.39 Å². The number of hydrogen-bond acceptors (Lipinski definition) is 5. The molecule has 2 fully saturated rings. The molecule has 2 saturated heterocycles. The number of hydrogen-bond donors (Lipinski definition) is 0. The largest absolute Gasteiger partial charge is 0.341 e. The lowest BCUT2D eigenvalue weighted by Crippen LogP contribution is -2.42. The van der Waals surface area contributed by atoms with E-state index in [1.807, 2.05) is 11.8 Å². The second-order valence-corrected chi connectivity index (χ2v) is 7.98. The van der Waals surface area contributed by atoms with E-state index in [1.165, 1.54) is 12.1 Å². The molecule has 0 aliphatic carbocycles. The van der Waals surface area contributed by atoms with Gasteiger partial charge in [-0.3, -0.25) is 4.79 Å². The van der Waals surface area contributed by atoms with Crippen LogP contribution in [0.25, 0.3) is 0 Å². The Balaban J connectivity index is 1.55. The monoisotopic (exact) mass is 372 g/mol. The van der Waals surface area contributed by atoms with Gasteiger partial charge in [0.25, 0.3) is 0 Å². The van der Waals surface area contributed by atoms with Gasteiger partial charge in [-0.1, -0.05) is 17.3 Å². The van der Waals surface area contributed by atoms with Crippen molar-refractivity contribution in [3.05, 3.63) is 47.4 Å². The predicted octanol–water partition coefficient (Wildman–Crippen LogP) is 2.40. The quantitative estimate of drug-likeness (QED) is 0.828. The van der Waals surface area contributed by atoms with Gasteiger partial charge in [-0.2, -0.15) is 4.98 Å². The minimum atomic E-state index is -0.312. The van der Waals surface area contributed by atoms with Crippen molar-refractivity contribution in [1.82, 2.24) is 19.9 Å². The maximum Gasteiger partial charge on any atom is 0.232 e. The minimum Gasteiger partial charge on any atom is -0.341 e. The Morgan fingerprint density at radius 1 is 1.37 bits per heavy atom. The zero-order valence-electron chi connectivity index (χ0n) is 15.8. The van der Waals surface area contributed by atoms with E-state index in [9.17, 15) is 9.18 Å². The first-order chi connectivity index (χ1) is 12.9. The molecule has 0 bridgehead atoms. The first kappa shape index (κ1) is 18.1. The van der Waals surface area contributed by atoms with Gasteiger partial charge in [-0.05, 0) is 57.6 Å². The van der Waals surface area contributed by atoms with E-state index in [0.717, 1.165) is 25.9 Å². The van der Waals surface area contributed by atoms with Gasteiger partial charge in [-0.15, -0.1) is 0 Å². The summed E-state index contributed by atoms with van der Waals surface area (Å²) in [6.45, 7) is 5.09. The normalized spacial score (nSPS) is 22.5. The molecule has 4 rings (SSSR count). The molecule has 1 spiro atoms. The van der Waals surface area contributed by atoms with Crippen LogP contribution < -0.4 is 0 Å². The zero-order valence-corrected chi connectivity index (χ0v) is 15.8. The SMILES string of the molecule is Cc1noc(C2CN(C(=O)Cc3cccc(F)c3)CC23CCN(C)CC3)n1. The molecule has 1 amide bonds. The van der Waals surface area contributed by atoms with Crippen molar-refractivity contribution in [3.8, 4) is 0 Å². The van der Waals surface area contributed by atoms with E-state index in [1.54, 1.807) is 12.1 Å². The molecule has 2 aliphatic heterocycles. The summed E-state index contributed by atoms with van der Waals surface area (Å²) in [5, 5.41) is 3.96. The highest BCUT2D eigenvalue weighted by molar-refractivity contribution is 5.79. The van der Waals surface area contributed by atoms with Crippen molar-refractivity contribution in [2.24, 2.45) is 5.41 Å². The summed E-state index contributed by atoms with van der Waals surface area (Å²) in [6.07, 6.45) is 2.21. The number of piperidine rings is 1. The van der Waals surface area contributed by atoms with Crippen molar-refractivity contribution < 1.29 is 13.7 Å². The first-order valence-electron chi connectivity index (χ1n) is 9.46. The van der Waals surface area contributed by atoms with Crippen LogP contribution in [0.2, 0.25) is 0 Å². The van der Waals surface area contributed by atoms with Crippen molar-refractivity contribution >= 4 is 5.91 Å². The van der Waals surface area contributed by atoms with Crippen LogP contribution in [0.4, 0.5) is 4.39 Å². The standard InChI is InChI=1S/C20H25FN4O2/c1-14-22-19(27-23-14)17-12-25(13-20(17)6-8-24(2)9-7-20)18(26)11-15-4-3-5-16(21)10-15/h3-5,10,17H,6-9,11-13H2,1-2H3. The fraction of sp³-hybridized carbons (Fsp3) is 0.550. The molecule has 0 radical (unpaired) electrons. The van der Waals surface area contributed by atoms with E-state index in [2.05, 4.69) is 22.1 Å². The highest BCUT2D eigenvalue weighted by Gasteiger charge is 2.51. The molecule has 0 N–H and O–H groups in total. The Kier molecular flexibility index (Phi) is 4.72. The lowest BCUT2D eigenvalue weighted by Gasteiger charge is -2.40. The van der Waals surface area contributed by atoms with Gasteiger partial charge in [0.2, 0.25) is 11.8 Å². The summed E-state index contributed by atoms with van der Waals surface area (Å²) >= 11 is 0. The molecule has 1 aromatic carbocycles. The molecular formula is C20H25FN4O2. The number of nitrogens with zero attached hydrogens (tertiary/aromatic N) is 4.